The number of rotatable bonds is 4. The molecular formula is C11H14ClF3N2O2. The van der Waals surface area contributed by atoms with Crippen LogP contribution in [0.1, 0.15) is 6.92 Å². The van der Waals surface area contributed by atoms with E-state index in [4.69, 9.17) is 5.73 Å². The molecule has 1 unspecified atom stereocenters. The molecule has 1 atom stereocenters. The molecule has 1 rings (SSSR count). The molecule has 1 amide bonds. The predicted octanol–water partition coefficient (Wildman–Crippen LogP) is 2.34. The second-order valence-corrected chi connectivity index (χ2v) is 3.71. The topological polar surface area (TPSA) is 64.4 Å². The van der Waals surface area contributed by atoms with Crippen molar-refractivity contribution in [1.29, 1.82) is 0 Å². The van der Waals surface area contributed by atoms with E-state index < -0.39 is 18.8 Å². The Morgan fingerprint density at radius 2 is 1.89 bits per heavy atom. The fourth-order valence-corrected chi connectivity index (χ4v) is 1.06. The van der Waals surface area contributed by atoms with Gasteiger partial charge in [0.2, 0.25) is 5.91 Å². The second-order valence-electron chi connectivity index (χ2n) is 3.71. The van der Waals surface area contributed by atoms with E-state index in [1.165, 1.54) is 31.2 Å². The van der Waals surface area contributed by atoms with Gasteiger partial charge in [0.05, 0.1) is 6.04 Å². The minimum Gasteiger partial charge on any atom is -0.484 e. The van der Waals surface area contributed by atoms with Crippen LogP contribution in [0.25, 0.3) is 0 Å². The number of nitrogens with one attached hydrogen (secondary N) is 1. The van der Waals surface area contributed by atoms with Crippen molar-refractivity contribution in [3.05, 3.63) is 24.3 Å². The average molecular weight is 299 g/mol. The summed E-state index contributed by atoms with van der Waals surface area (Å²) in [5, 5.41) is 2.50. The van der Waals surface area contributed by atoms with Crippen LogP contribution in [0.3, 0.4) is 0 Å². The van der Waals surface area contributed by atoms with Crippen LogP contribution in [0, 0.1) is 0 Å². The summed E-state index contributed by atoms with van der Waals surface area (Å²) in [5.41, 5.74) is 5.79. The molecular weight excluding hydrogens is 285 g/mol. The summed E-state index contributed by atoms with van der Waals surface area (Å²) >= 11 is 0. The van der Waals surface area contributed by atoms with E-state index in [1.807, 2.05) is 0 Å². The molecule has 4 nitrogen and oxygen atoms in total. The molecule has 19 heavy (non-hydrogen) atoms. The van der Waals surface area contributed by atoms with Crippen LogP contribution in [0.4, 0.5) is 18.9 Å². The molecule has 0 spiro atoms. The van der Waals surface area contributed by atoms with Gasteiger partial charge in [0.15, 0.2) is 6.61 Å². The molecule has 0 aliphatic carbocycles. The first kappa shape index (κ1) is 17.5. The Labute approximate surface area is 114 Å². The van der Waals surface area contributed by atoms with Gasteiger partial charge in [-0.25, -0.2) is 0 Å². The van der Waals surface area contributed by atoms with Crippen molar-refractivity contribution in [1.82, 2.24) is 0 Å². The summed E-state index contributed by atoms with van der Waals surface area (Å²) in [7, 11) is 0. The number of carbonyl (C=O) groups excluding carboxylic acids is 1. The average Bonchev–Trinajstić information content (AvgIpc) is 2.27. The monoisotopic (exact) mass is 298 g/mol. The third kappa shape index (κ3) is 6.88. The Hall–Kier alpha value is -1.47. The molecule has 108 valence electrons. The van der Waals surface area contributed by atoms with Gasteiger partial charge in [-0.05, 0) is 31.2 Å². The zero-order valence-corrected chi connectivity index (χ0v) is 10.8. The molecule has 0 aromatic heterocycles. The minimum atomic E-state index is -4.37. The third-order valence-electron chi connectivity index (χ3n) is 1.94. The molecule has 1 aromatic carbocycles. The first-order valence-corrected chi connectivity index (χ1v) is 5.14. The second kappa shape index (κ2) is 7.20. The number of carbonyl (C=O) groups is 1. The molecule has 8 heteroatoms. The molecule has 0 bridgehead atoms. The van der Waals surface area contributed by atoms with Gasteiger partial charge in [-0.3, -0.25) is 4.79 Å². The molecule has 0 aliphatic rings. The van der Waals surface area contributed by atoms with E-state index in [2.05, 4.69) is 10.1 Å². The number of halogens is 4. The van der Waals surface area contributed by atoms with Crippen LogP contribution >= 0.6 is 12.4 Å². The van der Waals surface area contributed by atoms with E-state index >= 15 is 0 Å². The fourth-order valence-electron chi connectivity index (χ4n) is 1.06. The van der Waals surface area contributed by atoms with Crippen molar-refractivity contribution < 1.29 is 22.7 Å². The quantitative estimate of drug-likeness (QED) is 0.897. The first-order valence-electron chi connectivity index (χ1n) is 5.14. The van der Waals surface area contributed by atoms with Crippen LogP contribution in [0.15, 0.2) is 24.3 Å². The van der Waals surface area contributed by atoms with E-state index in [0.29, 0.717) is 5.69 Å². The Bertz CT molecular complexity index is 407. The number of ether oxygens (including phenoxy) is 1. The lowest BCUT2D eigenvalue weighted by atomic mass is 10.2. The van der Waals surface area contributed by atoms with Gasteiger partial charge in [-0.1, -0.05) is 0 Å². The summed E-state index contributed by atoms with van der Waals surface area (Å²) in [6.45, 7) is 0.175. The number of amides is 1. The van der Waals surface area contributed by atoms with Gasteiger partial charge in [-0.15, -0.1) is 12.4 Å². The van der Waals surface area contributed by atoms with Crippen molar-refractivity contribution in [2.45, 2.75) is 19.1 Å². The van der Waals surface area contributed by atoms with Gasteiger partial charge < -0.3 is 15.8 Å². The molecule has 0 saturated carbocycles. The van der Waals surface area contributed by atoms with Crippen LogP contribution < -0.4 is 15.8 Å². The van der Waals surface area contributed by atoms with Gasteiger partial charge in [0, 0.05) is 5.69 Å². The molecule has 0 fully saturated rings. The Kier molecular flexibility index (Phi) is 6.64. The van der Waals surface area contributed by atoms with Gasteiger partial charge >= 0.3 is 6.18 Å². The summed E-state index contributed by atoms with van der Waals surface area (Å²) in [5.74, 6) is -0.301. The lowest BCUT2D eigenvalue weighted by Gasteiger charge is -2.10. The number of hydrogen-bond donors (Lipinski definition) is 2. The van der Waals surface area contributed by atoms with Crippen molar-refractivity contribution >= 4 is 24.0 Å². The van der Waals surface area contributed by atoms with Crippen molar-refractivity contribution in [2.24, 2.45) is 5.73 Å². The smallest absolute Gasteiger partial charge is 0.422 e. The molecule has 0 saturated heterocycles. The number of hydrogen-bond acceptors (Lipinski definition) is 3. The molecule has 0 radical (unpaired) electrons. The first-order chi connectivity index (χ1) is 8.28. The Morgan fingerprint density at radius 1 is 1.37 bits per heavy atom. The number of benzene rings is 1. The summed E-state index contributed by atoms with van der Waals surface area (Å²) < 4.78 is 40.2. The van der Waals surface area contributed by atoms with Crippen LogP contribution in [-0.4, -0.2) is 24.7 Å². The largest absolute Gasteiger partial charge is 0.484 e. The minimum absolute atomic E-state index is 0. The highest BCUT2D eigenvalue weighted by Crippen LogP contribution is 2.20. The highest BCUT2D eigenvalue weighted by atomic mass is 35.5. The summed E-state index contributed by atoms with van der Waals surface area (Å²) in [4.78, 5) is 11.2. The van der Waals surface area contributed by atoms with Crippen LogP contribution in [0.5, 0.6) is 5.75 Å². The number of nitrogens with two attached hydrogens (primary N) is 1. The Morgan fingerprint density at radius 3 is 2.32 bits per heavy atom. The maximum atomic E-state index is 11.9. The van der Waals surface area contributed by atoms with Crippen LogP contribution in [-0.2, 0) is 4.79 Å². The molecule has 1 aromatic rings. The highest BCUT2D eigenvalue weighted by molar-refractivity contribution is 5.94. The highest BCUT2D eigenvalue weighted by Gasteiger charge is 2.28. The molecule has 0 heterocycles. The van der Waals surface area contributed by atoms with E-state index in [9.17, 15) is 18.0 Å². The van der Waals surface area contributed by atoms with Gasteiger partial charge in [0.1, 0.15) is 5.75 Å². The maximum Gasteiger partial charge on any atom is 0.422 e. The number of alkyl halides is 3. The van der Waals surface area contributed by atoms with Gasteiger partial charge in [-0.2, -0.15) is 13.2 Å². The van der Waals surface area contributed by atoms with Crippen LogP contribution in [0.2, 0.25) is 0 Å². The summed E-state index contributed by atoms with van der Waals surface area (Å²) in [6.07, 6.45) is -4.37. The lowest BCUT2D eigenvalue weighted by Crippen LogP contribution is -2.32. The van der Waals surface area contributed by atoms with E-state index in [1.54, 1.807) is 0 Å². The van der Waals surface area contributed by atoms with Crippen molar-refractivity contribution in [3.8, 4) is 5.75 Å². The SMILES string of the molecule is CC(N)C(=O)Nc1ccc(OCC(F)(F)F)cc1.Cl. The van der Waals surface area contributed by atoms with Gasteiger partial charge in [0.25, 0.3) is 0 Å². The summed E-state index contributed by atoms with van der Waals surface area (Å²) in [6, 6.07) is 4.88. The van der Waals surface area contributed by atoms with E-state index in [-0.39, 0.29) is 24.1 Å². The van der Waals surface area contributed by atoms with E-state index in [0.717, 1.165) is 0 Å². The lowest BCUT2D eigenvalue weighted by molar-refractivity contribution is -0.153. The number of anilines is 1. The van der Waals surface area contributed by atoms with Crippen molar-refractivity contribution in [3.63, 3.8) is 0 Å². The predicted molar refractivity (Wildman–Crippen MR) is 67.5 cm³/mol. The molecule has 3 N–H and O–H groups in total. The Balaban J connectivity index is 0.00000324. The zero-order chi connectivity index (χ0) is 13.8. The third-order valence-corrected chi connectivity index (χ3v) is 1.94. The zero-order valence-electron chi connectivity index (χ0n) is 10.0. The van der Waals surface area contributed by atoms with Crippen molar-refractivity contribution in [2.75, 3.05) is 11.9 Å². The fraction of sp³-hybridized carbons (Fsp3) is 0.364. The maximum absolute atomic E-state index is 11.9. The molecule has 0 aliphatic heterocycles. The standard InChI is InChI=1S/C11H13F3N2O2.ClH/c1-7(15)10(17)16-8-2-4-9(5-3-8)18-6-11(12,13)14;/h2-5,7H,6,15H2,1H3,(H,16,17);1H. The normalized spacial score (nSPS) is 12.3.